The van der Waals surface area contributed by atoms with Gasteiger partial charge in [-0.15, -0.1) is 0 Å². The summed E-state index contributed by atoms with van der Waals surface area (Å²) in [6, 6.07) is 8.53. The highest BCUT2D eigenvalue weighted by Gasteiger charge is 2.14. The van der Waals surface area contributed by atoms with Gasteiger partial charge in [-0.1, -0.05) is 17.7 Å². The van der Waals surface area contributed by atoms with Gasteiger partial charge in [-0.2, -0.15) is 0 Å². The van der Waals surface area contributed by atoms with Gasteiger partial charge in [0.05, 0.1) is 16.6 Å². The van der Waals surface area contributed by atoms with Crippen molar-refractivity contribution < 1.29 is 8.81 Å². The minimum atomic E-state index is -0.452. The Kier molecular flexibility index (Phi) is 3.50. The van der Waals surface area contributed by atoms with E-state index in [4.69, 9.17) is 16.0 Å². The third kappa shape index (κ3) is 2.35. The maximum Gasteiger partial charge on any atom is 0.152 e. The molecular weight excluding hydrogens is 241 g/mol. The van der Waals surface area contributed by atoms with Crippen molar-refractivity contribution in [3.05, 3.63) is 46.9 Å². The molecule has 0 spiro atoms. The zero-order valence-electron chi connectivity index (χ0n) is 9.63. The second kappa shape index (κ2) is 4.90. The van der Waals surface area contributed by atoms with Crippen LogP contribution in [0.5, 0.6) is 0 Å². The lowest BCUT2D eigenvalue weighted by Gasteiger charge is -2.06. The van der Waals surface area contributed by atoms with Crippen LogP contribution in [0.25, 0.3) is 11.3 Å². The Morgan fingerprint density at radius 3 is 2.76 bits per heavy atom. The van der Waals surface area contributed by atoms with E-state index in [1.54, 1.807) is 18.2 Å². The summed E-state index contributed by atoms with van der Waals surface area (Å²) < 4.78 is 19.4. The highest BCUT2D eigenvalue weighted by molar-refractivity contribution is 6.31. The fraction of sp³-hybridized carbons (Fsp3) is 0.231. The molecule has 0 bridgehead atoms. The van der Waals surface area contributed by atoms with Crippen LogP contribution in [0.15, 0.2) is 34.7 Å². The number of hydrogen-bond acceptors (Lipinski definition) is 2. The van der Waals surface area contributed by atoms with Crippen LogP contribution < -0.4 is 5.32 Å². The molecule has 2 nitrogen and oxygen atoms in total. The Bertz CT molecular complexity index is 524. The molecule has 0 saturated carbocycles. The molecule has 1 N–H and O–H groups in total. The Morgan fingerprint density at radius 2 is 2.06 bits per heavy atom. The molecule has 0 amide bonds. The number of rotatable bonds is 3. The summed E-state index contributed by atoms with van der Waals surface area (Å²) in [4.78, 5) is 0. The molecule has 2 aromatic rings. The summed E-state index contributed by atoms with van der Waals surface area (Å²) in [5, 5.41) is 3.16. The number of furan rings is 1. The second-order valence-corrected chi connectivity index (χ2v) is 4.22. The molecule has 1 unspecified atom stereocenters. The first-order valence-corrected chi connectivity index (χ1v) is 5.72. The summed E-state index contributed by atoms with van der Waals surface area (Å²) in [7, 11) is 1.84. The number of benzene rings is 1. The molecule has 17 heavy (non-hydrogen) atoms. The van der Waals surface area contributed by atoms with Crippen molar-refractivity contribution in [2.45, 2.75) is 13.0 Å². The standard InChI is InChI=1S/C13H13ClFNO/c1-8(16-2)11-6-7-12(17-11)9-4-3-5-10(14)13(9)15/h3-8,16H,1-2H3. The van der Waals surface area contributed by atoms with E-state index in [0.29, 0.717) is 11.3 Å². The molecule has 0 aliphatic rings. The summed E-state index contributed by atoms with van der Waals surface area (Å²) in [6.07, 6.45) is 0. The fourth-order valence-electron chi connectivity index (χ4n) is 1.57. The minimum Gasteiger partial charge on any atom is -0.459 e. The monoisotopic (exact) mass is 253 g/mol. The highest BCUT2D eigenvalue weighted by Crippen LogP contribution is 2.30. The smallest absolute Gasteiger partial charge is 0.152 e. The van der Waals surface area contributed by atoms with Crippen molar-refractivity contribution in [2.24, 2.45) is 0 Å². The van der Waals surface area contributed by atoms with Gasteiger partial charge in [0.25, 0.3) is 0 Å². The van der Waals surface area contributed by atoms with E-state index in [2.05, 4.69) is 5.32 Å². The topological polar surface area (TPSA) is 25.2 Å². The van der Waals surface area contributed by atoms with Gasteiger partial charge in [0.2, 0.25) is 0 Å². The average Bonchev–Trinajstić information content (AvgIpc) is 2.81. The first kappa shape index (κ1) is 12.1. The lowest BCUT2D eigenvalue weighted by molar-refractivity contribution is 0.456. The van der Waals surface area contributed by atoms with E-state index in [-0.39, 0.29) is 11.1 Å². The van der Waals surface area contributed by atoms with E-state index >= 15 is 0 Å². The SMILES string of the molecule is CNC(C)c1ccc(-c2cccc(Cl)c2F)o1. The summed E-state index contributed by atoms with van der Waals surface area (Å²) in [6.45, 7) is 1.97. The Hall–Kier alpha value is -1.32. The number of halogens is 2. The third-order valence-electron chi connectivity index (χ3n) is 2.70. The molecule has 0 fully saturated rings. The van der Waals surface area contributed by atoms with Gasteiger partial charge in [0.1, 0.15) is 11.5 Å². The first-order valence-electron chi connectivity index (χ1n) is 5.35. The summed E-state index contributed by atoms with van der Waals surface area (Å²) in [5.41, 5.74) is 0.382. The molecule has 0 aliphatic heterocycles. The van der Waals surface area contributed by atoms with E-state index in [0.717, 1.165) is 5.76 Å². The average molecular weight is 254 g/mol. The molecule has 0 aliphatic carbocycles. The Labute approximate surface area is 104 Å². The van der Waals surface area contributed by atoms with Gasteiger partial charge < -0.3 is 9.73 Å². The maximum atomic E-state index is 13.8. The van der Waals surface area contributed by atoms with Crippen LogP contribution in [0.4, 0.5) is 4.39 Å². The quantitative estimate of drug-likeness (QED) is 0.894. The predicted octanol–water partition coefficient (Wildman–Crippen LogP) is 4.02. The second-order valence-electron chi connectivity index (χ2n) is 3.81. The molecule has 2 rings (SSSR count). The van der Waals surface area contributed by atoms with Gasteiger partial charge in [-0.25, -0.2) is 4.39 Å². The van der Waals surface area contributed by atoms with Gasteiger partial charge in [-0.3, -0.25) is 0 Å². The fourth-order valence-corrected chi connectivity index (χ4v) is 1.74. The van der Waals surface area contributed by atoms with Crippen molar-refractivity contribution in [2.75, 3.05) is 7.05 Å². The van der Waals surface area contributed by atoms with Crippen molar-refractivity contribution in [3.63, 3.8) is 0 Å². The highest BCUT2D eigenvalue weighted by atomic mass is 35.5. The van der Waals surface area contributed by atoms with Crippen LogP contribution in [0.3, 0.4) is 0 Å². The first-order chi connectivity index (χ1) is 8.13. The van der Waals surface area contributed by atoms with E-state index < -0.39 is 5.82 Å². The maximum absolute atomic E-state index is 13.8. The molecule has 1 heterocycles. The largest absolute Gasteiger partial charge is 0.459 e. The van der Waals surface area contributed by atoms with Crippen LogP contribution in [-0.4, -0.2) is 7.05 Å². The molecule has 1 aromatic carbocycles. The van der Waals surface area contributed by atoms with Crippen molar-refractivity contribution in [1.82, 2.24) is 5.32 Å². The lowest BCUT2D eigenvalue weighted by Crippen LogP contribution is -2.11. The molecule has 0 saturated heterocycles. The van der Waals surface area contributed by atoms with Crippen LogP contribution in [-0.2, 0) is 0 Å². The molecule has 0 radical (unpaired) electrons. The van der Waals surface area contributed by atoms with Gasteiger partial charge in [0.15, 0.2) is 5.82 Å². The molecular formula is C13H13ClFNO. The van der Waals surface area contributed by atoms with E-state index in [9.17, 15) is 4.39 Å². The van der Waals surface area contributed by atoms with Gasteiger partial charge in [-0.05, 0) is 38.2 Å². The van der Waals surface area contributed by atoms with Crippen LogP contribution in [0, 0.1) is 5.82 Å². The predicted molar refractivity (Wildman–Crippen MR) is 66.6 cm³/mol. The third-order valence-corrected chi connectivity index (χ3v) is 3.00. The molecule has 1 aromatic heterocycles. The molecule has 90 valence electrons. The van der Waals surface area contributed by atoms with Gasteiger partial charge in [0, 0.05) is 0 Å². The zero-order chi connectivity index (χ0) is 12.4. The van der Waals surface area contributed by atoms with Gasteiger partial charge >= 0.3 is 0 Å². The number of hydrogen-bond donors (Lipinski definition) is 1. The van der Waals surface area contributed by atoms with E-state index in [1.165, 1.54) is 6.07 Å². The number of nitrogens with one attached hydrogen (secondary N) is 1. The minimum absolute atomic E-state index is 0.0889. The zero-order valence-corrected chi connectivity index (χ0v) is 10.4. The van der Waals surface area contributed by atoms with Crippen LogP contribution in [0.1, 0.15) is 18.7 Å². The van der Waals surface area contributed by atoms with Crippen molar-refractivity contribution in [1.29, 1.82) is 0 Å². The normalized spacial score (nSPS) is 12.7. The molecule has 1 atom stereocenters. The van der Waals surface area contributed by atoms with E-state index in [1.807, 2.05) is 20.0 Å². The Balaban J connectivity index is 2.40. The molecule has 4 heteroatoms. The van der Waals surface area contributed by atoms with Crippen molar-refractivity contribution >= 4 is 11.6 Å². The summed E-state index contributed by atoms with van der Waals surface area (Å²) >= 11 is 5.73. The summed E-state index contributed by atoms with van der Waals surface area (Å²) in [5.74, 6) is 0.802. The van der Waals surface area contributed by atoms with Crippen LogP contribution >= 0.6 is 11.6 Å². The Morgan fingerprint density at radius 1 is 1.29 bits per heavy atom. The lowest BCUT2D eigenvalue weighted by atomic mass is 10.1. The van der Waals surface area contributed by atoms with Crippen LogP contribution in [0.2, 0.25) is 5.02 Å². The van der Waals surface area contributed by atoms with Crippen molar-refractivity contribution in [3.8, 4) is 11.3 Å².